The number of hydrogen-bond donors (Lipinski definition) is 0. The van der Waals surface area contributed by atoms with Crippen LogP contribution in [0.5, 0.6) is 0 Å². The summed E-state index contributed by atoms with van der Waals surface area (Å²) in [6.07, 6.45) is 0.863. The molecule has 9 heteroatoms. The van der Waals surface area contributed by atoms with Gasteiger partial charge in [0.15, 0.2) is 0 Å². The van der Waals surface area contributed by atoms with Gasteiger partial charge in [0, 0.05) is 0 Å². The van der Waals surface area contributed by atoms with Gasteiger partial charge in [-0.1, -0.05) is 0 Å². The Labute approximate surface area is 151 Å². The third-order valence-electron chi connectivity index (χ3n) is 3.21. The second-order valence-corrected chi connectivity index (χ2v) is 12.3. The average Bonchev–Trinajstić information content (AvgIpc) is 2.71. The van der Waals surface area contributed by atoms with Crippen LogP contribution in [0.25, 0.3) is 0 Å². The van der Waals surface area contributed by atoms with Crippen LogP contribution in [-0.4, -0.2) is 46.9 Å². The summed E-state index contributed by atoms with van der Waals surface area (Å²) >= 11 is -5.68. The van der Waals surface area contributed by atoms with Gasteiger partial charge in [-0.25, -0.2) is 0 Å². The molecule has 1 aromatic carbocycles. The fourth-order valence-electron chi connectivity index (χ4n) is 1.97. The first kappa shape index (κ1) is 19.3. The molecular formula is C16H18O8Pb. The van der Waals surface area contributed by atoms with Gasteiger partial charge in [0.2, 0.25) is 0 Å². The minimum atomic E-state index is -5.68. The van der Waals surface area contributed by atoms with Crippen molar-refractivity contribution in [2.24, 2.45) is 0 Å². The first-order valence-electron chi connectivity index (χ1n) is 7.88. The number of carbonyl (C=O) groups excluding carboxylic acids is 4. The average molecular weight is 546 g/mol. The van der Waals surface area contributed by atoms with Crippen LogP contribution >= 0.6 is 0 Å². The van der Waals surface area contributed by atoms with Crippen molar-refractivity contribution in [1.29, 1.82) is 0 Å². The van der Waals surface area contributed by atoms with E-state index in [-0.39, 0.29) is 24.8 Å². The number of unbranched alkanes of at least 4 members (excludes halogenated alkanes) is 1. The molecule has 0 radical (unpaired) electrons. The summed E-state index contributed by atoms with van der Waals surface area (Å²) in [4.78, 5) is 47.8. The monoisotopic (exact) mass is 546 g/mol. The van der Waals surface area contributed by atoms with Crippen molar-refractivity contribution in [2.45, 2.75) is 39.0 Å². The van der Waals surface area contributed by atoms with Crippen LogP contribution in [-0.2, 0) is 25.1 Å². The number of rotatable bonds is 6. The SMILES string of the molecule is CCCCC(=O)[O][Pb]1([O]C(=O)c2ccccc2)[O]C(=O)CCC(=O)[O]1. The van der Waals surface area contributed by atoms with Crippen LogP contribution in [0, 0.1) is 0 Å². The molecule has 0 bridgehead atoms. The maximum absolute atomic E-state index is 12.3. The summed E-state index contributed by atoms with van der Waals surface area (Å²) in [6.45, 7) is 1.88. The van der Waals surface area contributed by atoms with E-state index in [1.807, 2.05) is 6.92 Å². The maximum atomic E-state index is 12.3. The molecule has 8 nitrogen and oxygen atoms in total. The zero-order valence-corrected chi connectivity index (χ0v) is 17.6. The standard InChI is InChI=1S/C7H6O2.C5H10O2.C4H6O4.Pb/c8-7(9)6-4-2-1-3-5-6;1-2-3-4-5(6)7;5-3(6)1-2-4(7)8;/h1-5H,(H,8,9);2-4H2,1H3,(H,6,7);1-2H2,(H,5,6)(H,7,8);/q;;;+4/p-4. The van der Waals surface area contributed by atoms with Crippen LogP contribution in [0.2, 0.25) is 0 Å². The molecule has 0 N–H and O–H groups in total. The van der Waals surface area contributed by atoms with Crippen LogP contribution < -0.4 is 0 Å². The van der Waals surface area contributed by atoms with Crippen LogP contribution in [0.15, 0.2) is 30.3 Å². The molecule has 1 saturated heterocycles. The fourth-order valence-corrected chi connectivity index (χ4v) is 8.72. The Balaban J connectivity index is 2.24. The van der Waals surface area contributed by atoms with Crippen LogP contribution in [0.3, 0.4) is 0 Å². The molecule has 134 valence electrons. The molecule has 0 aromatic heterocycles. The van der Waals surface area contributed by atoms with E-state index in [2.05, 4.69) is 0 Å². The van der Waals surface area contributed by atoms with Crippen molar-refractivity contribution >= 4 is 46.9 Å². The van der Waals surface area contributed by atoms with Gasteiger partial charge in [-0.15, -0.1) is 0 Å². The van der Waals surface area contributed by atoms with E-state index >= 15 is 0 Å². The molecular weight excluding hydrogens is 527 g/mol. The Hall–Kier alpha value is -1.98. The van der Waals surface area contributed by atoms with Crippen molar-refractivity contribution in [2.75, 3.05) is 0 Å². The molecule has 25 heavy (non-hydrogen) atoms. The summed E-state index contributed by atoms with van der Waals surface area (Å²) < 4.78 is 20.5. The summed E-state index contributed by atoms with van der Waals surface area (Å²) in [5.41, 5.74) is 0.155. The van der Waals surface area contributed by atoms with Gasteiger partial charge in [-0.05, 0) is 0 Å². The summed E-state index contributed by atoms with van der Waals surface area (Å²) in [5.74, 6) is -3.20. The molecule has 1 aliphatic rings. The zero-order chi connectivity index (χ0) is 18.3. The van der Waals surface area contributed by atoms with E-state index in [0.29, 0.717) is 6.42 Å². The van der Waals surface area contributed by atoms with Crippen LogP contribution in [0.1, 0.15) is 49.4 Å². The van der Waals surface area contributed by atoms with Crippen molar-refractivity contribution in [3.8, 4) is 0 Å². The van der Waals surface area contributed by atoms with E-state index in [1.54, 1.807) is 18.2 Å². The molecule has 0 saturated carbocycles. The quantitative estimate of drug-likeness (QED) is 0.500. The van der Waals surface area contributed by atoms with E-state index in [1.165, 1.54) is 12.1 Å². The number of hydrogen-bond acceptors (Lipinski definition) is 8. The van der Waals surface area contributed by atoms with Crippen molar-refractivity contribution in [3.63, 3.8) is 0 Å². The van der Waals surface area contributed by atoms with Crippen molar-refractivity contribution in [1.82, 2.24) is 0 Å². The molecule has 0 atom stereocenters. The second-order valence-electron chi connectivity index (χ2n) is 5.28. The van der Waals surface area contributed by atoms with Gasteiger partial charge in [-0.2, -0.15) is 0 Å². The third kappa shape index (κ3) is 5.80. The second kappa shape index (κ2) is 8.92. The van der Waals surface area contributed by atoms with Crippen molar-refractivity contribution in [3.05, 3.63) is 35.9 Å². The Morgan fingerprint density at radius 3 is 2.20 bits per heavy atom. The van der Waals surface area contributed by atoms with Gasteiger partial charge in [0.05, 0.1) is 0 Å². The predicted octanol–water partition coefficient (Wildman–Crippen LogP) is 1.89. The third-order valence-corrected chi connectivity index (χ3v) is 10.5. The molecule has 0 unspecified atom stereocenters. The summed E-state index contributed by atoms with van der Waals surface area (Å²) in [6, 6.07) is 7.87. The van der Waals surface area contributed by atoms with E-state index in [9.17, 15) is 19.2 Å². The first-order valence-corrected chi connectivity index (χ1v) is 14.2. The topological polar surface area (TPSA) is 105 Å². The van der Waals surface area contributed by atoms with E-state index < -0.39 is 46.9 Å². The fraction of sp³-hybridized carbons (Fsp3) is 0.375. The normalized spacial score (nSPS) is 16.2. The molecule has 1 fully saturated rings. The van der Waals surface area contributed by atoms with Gasteiger partial charge in [0.1, 0.15) is 0 Å². The Bertz CT molecular complexity index is 639. The Kier molecular flexibility index (Phi) is 6.91. The molecule has 1 aliphatic heterocycles. The Morgan fingerprint density at radius 2 is 1.64 bits per heavy atom. The molecule has 0 spiro atoms. The molecule has 0 aliphatic carbocycles. The number of carbonyl (C=O) groups is 4. The predicted molar refractivity (Wildman–Crippen MR) is 84.6 cm³/mol. The molecule has 0 amide bonds. The first-order chi connectivity index (χ1) is 11.9. The molecule has 1 aromatic rings. The zero-order valence-electron chi connectivity index (χ0n) is 13.7. The number of benzene rings is 1. The van der Waals surface area contributed by atoms with Crippen molar-refractivity contribution < 1.29 is 29.9 Å². The van der Waals surface area contributed by atoms with Gasteiger partial charge < -0.3 is 0 Å². The van der Waals surface area contributed by atoms with Crippen LogP contribution in [0.4, 0.5) is 0 Å². The Morgan fingerprint density at radius 1 is 1.04 bits per heavy atom. The van der Waals surface area contributed by atoms with E-state index in [0.717, 1.165) is 6.42 Å². The molecule has 1 heterocycles. The summed E-state index contributed by atoms with van der Waals surface area (Å²) in [5, 5.41) is 0. The summed E-state index contributed by atoms with van der Waals surface area (Å²) in [7, 11) is 0. The minimum absolute atomic E-state index is 0.0379. The molecule has 2 rings (SSSR count). The van der Waals surface area contributed by atoms with E-state index in [4.69, 9.17) is 10.7 Å². The van der Waals surface area contributed by atoms with Gasteiger partial charge in [0.25, 0.3) is 0 Å². The van der Waals surface area contributed by atoms with Gasteiger partial charge in [-0.3, -0.25) is 0 Å². The van der Waals surface area contributed by atoms with Gasteiger partial charge >= 0.3 is 152 Å².